The maximum Gasteiger partial charge on any atom is 0.335 e. The topological polar surface area (TPSA) is 74.6 Å². The number of carboxylic acids is 1. The molecule has 0 heterocycles. The Hall–Kier alpha value is -2.24. The summed E-state index contributed by atoms with van der Waals surface area (Å²) in [6, 6.07) is 14.7. The monoisotopic (exact) mass is 456 g/mol. The fourth-order valence-electron chi connectivity index (χ4n) is 3.92. The molecule has 3 unspecified atom stereocenters. The molecule has 152 valence electrons. The SMILES string of the molecule is O=C(O)c1ccc(CCC2C(=O)CCC2/C=C/C(O)Cc2cccc(Br)c2)cc1. The summed E-state index contributed by atoms with van der Waals surface area (Å²) in [7, 11) is 0. The van der Waals surface area contributed by atoms with Gasteiger partial charge in [0.1, 0.15) is 5.78 Å². The van der Waals surface area contributed by atoms with Crippen LogP contribution in [0.1, 0.15) is 40.7 Å². The number of aliphatic hydroxyl groups excluding tert-OH is 1. The molecule has 1 aliphatic carbocycles. The molecule has 0 bridgehead atoms. The largest absolute Gasteiger partial charge is 0.478 e. The van der Waals surface area contributed by atoms with E-state index in [1.165, 1.54) is 0 Å². The molecule has 2 N–H and O–H groups in total. The molecule has 0 saturated heterocycles. The Morgan fingerprint density at radius 3 is 2.62 bits per heavy atom. The van der Waals surface area contributed by atoms with Crippen molar-refractivity contribution in [3.8, 4) is 0 Å². The Morgan fingerprint density at radius 2 is 1.93 bits per heavy atom. The molecule has 3 rings (SSSR count). The van der Waals surface area contributed by atoms with Gasteiger partial charge >= 0.3 is 5.97 Å². The minimum Gasteiger partial charge on any atom is -0.478 e. The fraction of sp³-hybridized carbons (Fsp3) is 0.333. The highest BCUT2D eigenvalue weighted by Crippen LogP contribution is 2.33. The van der Waals surface area contributed by atoms with E-state index in [0.29, 0.717) is 12.8 Å². The van der Waals surface area contributed by atoms with Crippen LogP contribution in [0.15, 0.2) is 65.2 Å². The van der Waals surface area contributed by atoms with Crippen LogP contribution in [0.25, 0.3) is 0 Å². The first-order valence-electron chi connectivity index (χ1n) is 9.88. The number of halogens is 1. The van der Waals surface area contributed by atoms with Crippen molar-refractivity contribution in [2.75, 3.05) is 0 Å². The molecule has 2 aromatic carbocycles. The number of hydrogen-bond donors (Lipinski definition) is 2. The third kappa shape index (κ3) is 6.12. The zero-order valence-corrected chi connectivity index (χ0v) is 17.7. The first-order valence-corrected chi connectivity index (χ1v) is 10.7. The molecular formula is C24H25BrO4. The maximum atomic E-state index is 12.3. The average molecular weight is 457 g/mol. The van der Waals surface area contributed by atoms with E-state index in [4.69, 9.17) is 5.11 Å². The molecule has 0 amide bonds. The average Bonchev–Trinajstić information content (AvgIpc) is 3.04. The van der Waals surface area contributed by atoms with Crippen LogP contribution in [0.2, 0.25) is 0 Å². The van der Waals surface area contributed by atoms with E-state index in [1.807, 2.05) is 48.6 Å². The lowest BCUT2D eigenvalue weighted by Crippen LogP contribution is -2.15. The van der Waals surface area contributed by atoms with Gasteiger partial charge in [-0.05, 0) is 60.6 Å². The Bertz CT molecular complexity index is 888. The van der Waals surface area contributed by atoms with Crippen molar-refractivity contribution in [1.29, 1.82) is 0 Å². The molecule has 0 spiro atoms. The predicted molar refractivity (Wildman–Crippen MR) is 116 cm³/mol. The fourth-order valence-corrected chi connectivity index (χ4v) is 4.37. The van der Waals surface area contributed by atoms with Gasteiger partial charge in [0.05, 0.1) is 11.7 Å². The summed E-state index contributed by atoms with van der Waals surface area (Å²) in [5.74, 6) is -0.543. The number of benzene rings is 2. The summed E-state index contributed by atoms with van der Waals surface area (Å²) in [5.41, 5.74) is 2.36. The number of allylic oxidation sites excluding steroid dienone is 1. The smallest absolute Gasteiger partial charge is 0.335 e. The van der Waals surface area contributed by atoms with E-state index >= 15 is 0 Å². The minimum absolute atomic E-state index is 0.0385. The third-order valence-corrected chi connectivity index (χ3v) is 6.01. The van der Waals surface area contributed by atoms with E-state index in [-0.39, 0.29) is 23.2 Å². The molecule has 1 saturated carbocycles. The van der Waals surface area contributed by atoms with Crippen LogP contribution >= 0.6 is 15.9 Å². The van der Waals surface area contributed by atoms with Gasteiger partial charge in [0.15, 0.2) is 0 Å². The summed E-state index contributed by atoms with van der Waals surface area (Å²) in [6.45, 7) is 0. The van der Waals surface area contributed by atoms with Gasteiger partial charge in [0, 0.05) is 23.2 Å². The lowest BCUT2D eigenvalue weighted by Gasteiger charge is -2.16. The highest BCUT2D eigenvalue weighted by molar-refractivity contribution is 9.10. The van der Waals surface area contributed by atoms with Gasteiger partial charge in [-0.3, -0.25) is 4.79 Å². The Kier molecular flexibility index (Phi) is 7.40. The summed E-state index contributed by atoms with van der Waals surface area (Å²) >= 11 is 3.44. The zero-order chi connectivity index (χ0) is 20.8. The van der Waals surface area contributed by atoms with E-state index in [1.54, 1.807) is 12.1 Å². The van der Waals surface area contributed by atoms with Crippen molar-refractivity contribution in [2.45, 2.75) is 38.2 Å². The van der Waals surface area contributed by atoms with Crippen LogP contribution in [0, 0.1) is 11.8 Å². The highest BCUT2D eigenvalue weighted by Gasteiger charge is 2.32. The molecule has 0 radical (unpaired) electrons. The normalized spacial score (nSPS) is 20.3. The van der Waals surface area contributed by atoms with Crippen LogP contribution in [-0.4, -0.2) is 28.1 Å². The van der Waals surface area contributed by atoms with Crippen molar-refractivity contribution >= 4 is 27.7 Å². The second-order valence-corrected chi connectivity index (χ2v) is 8.52. The number of aryl methyl sites for hydroxylation is 1. The molecule has 1 aliphatic rings. The van der Waals surface area contributed by atoms with Crippen LogP contribution < -0.4 is 0 Å². The minimum atomic E-state index is -0.936. The summed E-state index contributed by atoms with van der Waals surface area (Å²) in [4.78, 5) is 23.3. The van der Waals surface area contributed by atoms with E-state index in [0.717, 1.165) is 34.9 Å². The number of aromatic carboxylic acids is 1. The Balaban J connectivity index is 1.56. The lowest BCUT2D eigenvalue weighted by molar-refractivity contribution is -0.121. The van der Waals surface area contributed by atoms with Crippen LogP contribution in [-0.2, 0) is 17.6 Å². The third-order valence-electron chi connectivity index (χ3n) is 5.51. The number of carbonyl (C=O) groups excluding carboxylic acids is 1. The number of ketones is 1. The number of Topliss-reactive ketones (excluding diaryl/α,β-unsaturated/α-hetero) is 1. The summed E-state index contributed by atoms with van der Waals surface area (Å²) in [6.07, 6.45) is 6.66. The van der Waals surface area contributed by atoms with Gasteiger partial charge in [-0.2, -0.15) is 0 Å². The van der Waals surface area contributed by atoms with Gasteiger partial charge in [0.2, 0.25) is 0 Å². The molecule has 29 heavy (non-hydrogen) atoms. The van der Waals surface area contributed by atoms with Crippen LogP contribution in [0.5, 0.6) is 0 Å². The molecule has 2 aromatic rings. The second kappa shape index (κ2) is 9.99. The van der Waals surface area contributed by atoms with E-state index in [9.17, 15) is 14.7 Å². The first-order chi connectivity index (χ1) is 13.9. The Labute approximate surface area is 179 Å². The number of carbonyl (C=O) groups is 2. The van der Waals surface area contributed by atoms with Gasteiger partial charge in [-0.25, -0.2) is 4.79 Å². The van der Waals surface area contributed by atoms with Crippen molar-refractivity contribution < 1.29 is 19.8 Å². The van der Waals surface area contributed by atoms with Crippen molar-refractivity contribution in [3.05, 3.63) is 81.8 Å². The number of aliphatic hydroxyl groups is 1. The van der Waals surface area contributed by atoms with E-state index < -0.39 is 12.1 Å². The van der Waals surface area contributed by atoms with Crippen molar-refractivity contribution in [2.24, 2.45) is 11.8 Å². The molecule has 0 aliphatic heterocycles. The van der Waals surface area contributed by atoms with Gasteiger partial charge in [-0.1, -0.05) is 52.3 Å². The lowest BCUT2D eigenvalue weighted by atomic mass is 9.88. The summed E-state index contributed by atoms with van der Waals surface area (Å²) in [5, 5.41) is 19.3. The van der Waals surface area contributed by atoms with Crippen LogP contribution in [0.4, 0.5) is 0 Å². The van der Waals surface area contributed by atoms with Gasteiger partial charge in [0.25, 0.3) is 0 Å². The van der Waals surface area contributed by atoms with E-state index in [2.05, 4.69) is 15.9 Å². The zero-order valence-electron chi connectivity index (χ0n) is 16.1. The van der Waals surface area contributed by atoms with Crippen molar-refractivity contribution in [1.82, 2.24) is 0 Å². The molecular weight excluding hydrogens is 432 g/mol. The van der Waals surface area contributed by atoms with Crippen molar-refractivity contribution in [3.63, 3.8) is 0 Å². The molecule has 4 nitrogen and oxygen atoms in total. The molecule has 0 aromatic heterocycles. The van der Waals surface area contributed by atoms with Crippen LogP contribution in [0.3, 0.4) is 0 Å². The second-order valence-electron chi connectivity index (χ2n) is 7.60. The number of carboxylic acid groups (broad SMARTS) is 1. The predicted octanol–water partition coefficient (Wildman–Crippen LogP) is 4.84. The molecule has 1 fully saturated rings. The quantitative estimate of drug-likeness (QED) is 0.557. The Morgan fingerprint density at radius 1 is 1.17 bits per heavy atom. The highest BCUT2D eigenvalue weighted by atomic mass is 79.9. The van der Waals surface area contributed by atoms with Gasteiger partial charge < -0.3 is 10.2 Å². The van der Waals surface area contributed by atoms with Gasteiger partial charge in [-0.15, -0.1) is 0 Å². The standard InChI is InChI=1S/C24H25BrO4/c25-20-3-1-2-17(14-20)15-21(26)11-9-18-10-13-23(27)22(18)12-6-16-4-7-19(8-5-16)24(28)29/h1-5,7-9,11,14,18,21-22,26H,6,10,12-13,15H2,(H,28,29)/b11-9+. The summed E-state index contributed by atoms with van der Waals surface area (Å²) < 4.78 is 0.990. The molecule has 5 heteroatoms. The maximum absolute atomic E-state index is 12.3. The number of rotatable bonds is 8. The first kappa shape index (κ1) is 21.5. The molecule has 3 atom stereocenters. The number of hydrogen-bond acceptors (Lipinski definition) is 3.